The molecule has 2 rings (SSSR count). The molecular weight excluding hydrogens is 272 g/mol. The highest BCUT2D eigenvalue weighted by molar-refractivity contribution is 5.95. The Kier molecular flexibility index (Phi) is 4.98. The van der Waals surface area contributed by atoms with Gasteiger partial charge in [-0.1, -0.05) is 0 Å². The SMILES string of the molecule is CCOC(=O)Nc1ccc(C(=O)NCc2ccco2)cc1. The van der Waals surface area contributed by atoms with E-state index < -0.39 is 6.09 Å². The van der Waals surface area contributed by atoms with Gasteiger partial charge < -0.3 is 14.5 Å². The minimum atomic E-state index is -0.521. The molecule has 6 nitrogen and oxygen atoms in total. The smallest absolute Gasteiger partial charge is 0.411 e. The van der Waals surface area contributed by atoms with E-state index in [1.807, 2.05) is 0 Å². The van der Waals surface area contributed by atoms with E-state index in [9.17, 15) is 9.59 Å². The third-order valence-corrected chi connectivity index (χ3v) is 2.67. The fourth-order valence-electron chi connectivity index (χ4n) is 1.67. The van der Waals surface area contributed by atoms with Crippen molar-refractivity contribution < 1.29 is 18.7 Å². The first-order chi connectivity index (χ1) is 10.2. The highest BCUT2D eigenvalue weighted by Gasteiger charge is 2.07. The van der Waals surface area contributed by atoms with Crippen molar-refractivity contribution in [3.8, 4) is 0 Å². The van der Waals surface area contributed by atoms with E-state index in [0.717, 1.165) is 0 Å². The fraction of sp³-hybridized carbons (Fsp3) is 0.200. The van der Waals surface area contributed by atoms with Crippen LogP contribution >= 0.6 is 0 Å². The predicted molar refractivity (Wildman–Crippen MR) is 77.0 cm³/mol. The number of amides is 2. The molecule has 1 heterocycles. The van der Waals surface area contributed by atoms with E-state index in [-0.39, 0.29) is 5.91 Å². The van der Waals surface area contributed by atoms with Crippen LogP contribution < -0.4 is 10.6 Å². The molecule has 2 amide bonds. The van der Waals surface area contributed by atoms with Crippen LogP contribution in [0.4, 0.5) is 10.5 Å². The van der Waals surface area contributed by atoms with E-state index in [2.05, 4.69) is 10.6 Å². The van der Waals surface area contributed by atoms with Crippen LogP contribution in [0, 0.1) is 0 Å². The Hall–Kier alpha value is -2.76. The van der Waals surface area contributed by atoms with Crippen molar-refractivity contribution in [2.24, 2.45) is 0 Å². The molecule has 0 radical (unpaired) electrons. The molecule has 2 aromatic rings. The van der Waals surface area contributed by atoms with Crippen LogP contribution in [0.25, 0.3) is 0 Å². The number of carbonyl (C=O) groups excluding carboxylic acids is 2. The first-order valence-electron chi connectivity index (χ1n) is 6.53. The Balaban J connectivity index is 1.88. The van der Waals surface area contributed by atoms with Gasteiger partial charge in [0.1, 0.15) is 5.76 Å². The van der Waals surface area contributed by atoms with E-state index in [1.165, 1.54) is 0 Å². The third kappa shape index (κ3) is 4.38. The molecule has 0 bridgehead atoms. The van der Waals surface area contributed by atoms with Gasteiger partial charge in [-0.15, -0.1) is 0 Å². The summed E-state index contributed by atoms with van der Waals surface area (Å²) >= 11 is 0. The second kappa shape index (κ2) is 7.14. The van der Waals surface area contributed by atoms with Crippen LogP contribution in [0.5, 0.6) is 0 Å². The van der Waals surface area contributed by atoms with Crippen LogP contribution in [0.15, 0.2) is 47.1 Å². The van der Waals surface area contributed by atoms with Gasteiger partial charge in [-0.3, -0.25) is 10.1 Å². The normalized spacial score (nSPS) is 9.95. The number of hydrogen-bond donors (Lipinski definition) is 2. The molecule has 0 spiro atoms. The molecule has 0 aliphatic rings. The summed E-state index contributed by atoms with van der Waals surface area (Å²) in [4.78, 5) is 23.2. The molecule has 2 N–H and O–H groups in total. The van der Waals surface area contributed by atoms with Crippen molar-refractivity contribution in [3.05, 3.63) is 54.0 Å². The maximum Gasteiger partial charge on any atom is 0.411 e. The molecular formula is C15H16N2O4. The zero-order valence-electron chi connectivity index (χ0n) is 11.6. The lowest BCUT2D eigenvalue weighted by Gasteiger charge is -2.07. The first kappa shape index (κ1) is 14.6. The minimum Gasteiger partial charge on any atom is -0.467 e. The number of nitrogens with one attached hydrogen (secondary N) is 2. The lowest BCUT2D eigenvalue weighted by Crippen LogP contribution is -2.22. The number of furan rings is 1. The molecule has 21 heavy (non-hydrogen) atoms. The average molecular weight is 288 g/mol. The van der Waals surface area contributed by atoms with E-state index in [0.29, 0.717) is 30.2 Å². The topological polar surface area (TPSA) is 80.6 Å². The zero-order valence-corrected chi connectivity index (χ0v) is 11.6. The summed E-state index contributed by atoms with van der Waals surface area (Å²) in [7, 11) is 0. The lowest BCUT2D eigenvalue weighted by molar-refractivity contribution is 0.0948. The van der Waals surface area contributed by atoms with Crippen molar-refractivity contribution in [3.63, 3.8) is 0 Å². The molecule has 0 saturated heterocycles. The number of benzene rings is 1. The maximum atomic E-state index is 11.9. The van der Waals surface area contributed by atoms with E-state index in [1.54, 1.807) is 49.6 Å². The molecule has 0 atom stereocenters. The number of anilines is 1. The summed E-state index contributed by atoms with van der Waals surface area (Å²) in [5.41, 5.74) is 1.06. The van der Waals surface area contributed by atoms with Crippen molar-refractivity contribution in [1.82, 2.24) is 5.32 Å². The van der Waals surface area contributed by atoms with Gasteiger partial charge in [0.15, 0.2) is 0 Å². The molecule has 0 unspecified atom stereocenters. The molecule has 0 saturated carbocycles. The molecule has 0 fully saturated rings. The van der Waals surface area contributed by atoms with Gasteiger partial charge in [-0.05, 0) is 43.3 Å². The number of carbonyl (C=O) groups is 2. The highest BCUT2D eigenvalue weighted by atomic mass is 16.5. The molecule has 0 aliphatic heterocycles. The van der Waals surface area contributed by atoms with Gasteiger partial charge in [0.05, 0.1) is 19.4 Å². The summed E-state index contributed by atoms with van der Waals surface area (Å²) in [6.45, 7) is 2.36. The summed E-state index contributed by atoms with van der Waals surface area (Å²) in [6, 6.07) is 10.1. The lowest BCUT2D eigenvalue weighted by atomic mass is 10.2. The van der Waals surface area contributed by atoms with Crippen molar-refractivity contribution in [2.75, 3.05) is 11.9 Å². The van der Waals surface area contributed by atoms with Crippen molar-refractivity contribution in [2.45, 2.75) is 13.5 Å². The van der Waals surface area contributed by atoms with Crippen LogP contribution in [-0.4, -0.2) is 18.6 Å². The average Bonchev–Trinajstić information content (AvgIpc) is 2.99. The van der Waals surface area contributed by atoms with Gasteiger partial charge in [0, 0.05) is 11.3 Å². The zero-order chi connectivity index (χ0) is 15.1. The number of rotatable bonds is 5. The Morgan fingerprint density at radius 1 is 1.19 bits per heavy atom. The van der Waals surface area contributed by atoms with Crippen molar-refractivity contribution in [1.29, 1.82) is 0 Å². The molecule has 1 aromatic heterocycles. The summed E-state index contributed by atoms with van der Waals surface area (Å²) in [5, 5.41) is 5.29. The predicted octanol–water partition coefficient (Wildman–Crippen LogP) is 2.78. The third-order valence-electron chi connectivity index (χ3n) is 2.67. The molecule has 0 aliphatic carbocycles. The summed E-state index contributed by atoms with van der Waals surface area (Å²) in [6.07, 6.45) is 1.03. The maximum absolute atomic E-state index is 11.9. The van der Waals surface area contributed by atoms with Crippen LogP contribution in [-0.2, 0) is 11.3 Å². The Morgan fingerprint density at radius 2 is 1.95 bits per heavy atom. The monoisotopic (exact) mass is 288 g/mol. The van der Waals surface area contributed by atoms with Crippen LogP contribution in [0.1, 0.15) is 23.0 Å². The minimum absolute atomic E-state index is 0.214. The van der Waals surface area contributed by atoms with Crippen LogP contribution in [0.2, 0.25) is 0 Å². The molecule has 1 aromatic carbocycles. The fourth-order valence-corrected chi connectivity index (χ4v) is 1.67. The van der Waals surface area contributed by atoms with Gasteiger partial charge in [0.25, 0.3) is 5.91 Å². The number of ether oxygens (including phenoxy) is 1. The second-order valence-corrected chi connectivity index (χ2v) is 4.18. The standard InChI is InChI=1S/C15H16N2O4/c1-2-20-15(19)17-12-7-5-11(6-8-12)14(18)16-10-13-4-3-9-21-13/h3-9H,2,10H2,1H3,(H,16,18)(H,17,19). The summed E-state index contributed by atoms with van der Waals surface area (Å²) < 4.78 is 9.89. The Bertz CT molecular complexity index is 591. The highest BCUT2D eigenvalue weighted by Crippen LogP contribution is 2.10. The van der Waals surface area contributed by atoms with Gasteiger partial charge >= 0.3 is 6.09 Å². The van der Waals surface area contributed by atoms with Crippen molar-refractivity contribution >= 4 is 17.7 Å². The molecule has 110 valence electrons. The van der Waals surface area contributed by atoms with Gasteiger partial charge in [0.2, 0.25) is 0 Å². The Labute approximate surface area is 122 Å². The van der Waals surface area contributed by atoms with Gasteiger partial charge in [-0.25, -0.2) is 4.79 Å². The Morgan fingerprint density at radius 3 is 2.57 bits per heavy atom. The second-order valence-electron chi connectivity index (χ2n) is 4.18. The van der Waals surface area contributed by atoms with Crippen LogP contribution in [0.3, 0.4) is 0 Å². The summed E-state index contributed by atoms with van der Waals surface area (Å²) in [5.74, 6) is 0.470. The van der Waals surface area contributed by atoms with E-state index >= 15 is 0 Å². The largest absolute Gasteiger partial charge is 0.467 e. The molecule has 6 heteroatoms. The van der Waals surface area contributed by atoms with Gasteiger partial charge in [-0.2, -0.15) is 0 Å². The first-order valence-corrected chi connectivity index (χ1v) is 6.53. The number of hydrogen-bond acceptors (Lipinski definition) is 4. The quantitative estimate of drug-likeness (QED) is 0.886. The van der Waals surface area contributed by atoms with E-state index in [4.69, 9.17) is 9.15 Å².